The summed E-state index contributed by atoms with van der Waals surface area (Å²) in [5.41, 5.74) is -0.00209. The molecule has 7 heteroatoms. The predicted octanol–water partition coefficient (Wildman–Crippen LogP) is 1.36. The van der Waals surface area contributed by atoms with Crippen molar-refractivity contribution >= 4 is 23.4 Å². The third-order valence-corrected chi connectivity index (χ3v) is 3.27. The molecule has 1 aromatic rings. The van der Waals surface area contributed by atoms with Crippen molar-refractivity contribution in [3.63, 3.8) is 0 Å². The normalized spacial score (nSPS) is 12.1. The Morgan fingerprint density at radius 1 is 1.59 bits per heavy atom. The molecule has 1 aromatic carbocycles. The van der Waals surface area contributed by atoms with Gasteiger partial charge in [-0.25, -0.2) is 0 Å². The van der Waals surface area contributed by atoms with Crippen LogP contribution in [0, 0.1) is 10.1 Å². The number of nitrogens with zero attached hydrogens (tertiary/aromatic N) is 1. The van der Waals surface area contributed by atoms with E-state index in [1.165, 1.54) is 6.07 Å². The molecule has 0 heterocycles. The van der Waals surface area contributed by atoms with Gasteiger partial charge in [-0.15, -0.1) is 11.8 Å². The van der Waals surface area contributed by atoms with E-state index in [2.05, 4.69) is 5.32 Å². The van der Waals surface area contributed by atoms with Crippen LogP contribution in [-0.2, 0) is 4.79 Å². The molecule has 1 rings (SSSR count). The first-order valence-corrected chi connectivity index (χ1v) is 5.81. The fourth-order valence-corrected chi connectivity index (χ4v) is 2.30. The van der Waals surface area contributed by atoms with E-state index in [0.717, 1.165) is 11.8 Å². The Kier molecular flexibility index (Phi) is 4.92. The summed E-state index contributed by atoms with van der Waals surface area (Å²) in [5, 5.41) is 22.2. The van der Waals surface area contributed by atoms with Gasteiger partial charge in [0.25, 0.3) is 5.69 Å². The summed E-state index contributed by atoms with van der Waals surface area (Å²) in [4.78, 5) is 21.5. The van der Waals surface area contributed by atoms with E-state index in [-0.39, 0.29) is 11.4 Å². The quantitative estimate of drug-likeness (QED) is 0.453. The summed E-state index contributed by atoms with van der Waals surface area (Å²) < 4.78 is 0. The number of thioether (sulfide) groups is 1. The smallest absolute Gasteiger partial charge is 0.321 e. The van der Waals surface area contributed by atoms with Gasteiger partial charge in [0.15, 0.2) is 0 Å². The first kappa shape index (κ1) is 13.5. The van der Waals surface area contributed by atoms with E-state index in [1.807, 2.05) is 0 Å². The molecule has 0 saturated carbocycles. The Balaban J connectivity index is 2.75. The number of hydrogen-bond acceptors (Lipinski definition) is 5. The molecule has 17 heavy (non-hydrogen) atoms. The lowest BCUT2D eigenvalue weighted by Crippen LogP contribution is -2.35. The van der Waals surface area contributed by atoms with Gasteiger partial charge in [0, 0.05) is 11.8 Å². The third kappa shape index (κ3) is 3.72. The number of aliphatic carboxylic acids is 1. The van der Waals surface area contributed by atoms with E-state index in [4.69, 9.17) is 5.11 Å². The molecule has 2 N–H and O–H groups in total. The number of rotatable bonds is 6. The Labute approximate surface area is 102 Å². The molecule has 1 unspecified atom stereocenters. The molecule has 0 fully saturated rings. The molecule has 6 nitrogen and oxygen atoms in total. The van der Waals surface area contributed by atoms with Crippen LogP contribution in [0.5, 0.6) is 0 Å². The number of nitro benzene ring substituents is 1. The van der Waals surface area contributed by atoms with Crippen LogP contribution < -0.4 is 5.32 Å². The largest absolute Gasteiger partial charge is 0.480 e. The summed E-state index contributed by atoms with van der Waals surface area (Å²) >= 11 is 1.15. The number of nitrogens with one attached hydrogen (secondary N) is 1. The van der Waals surface area contributed by atoms with Crippen molar-refractivity contribution in [3.05, 3.63) is 34.4 Å². The fraction of sp³-hybridized carbons (Fsp3) is 0.300. The zero-order valence-electron chi connectivity index (χ0n) is 9.12. The summed E-state index contributed by atoms with van der Waals surface area (Å²) in [7, 11) is 1.54. The number of nitro groups is 1. The number of hydrogen-bond donors (Lipinski definition) is 2. The van der Waals surface area contributed by atoms with Gasteiger partial charge in [-0.2, -0.15) is 0 Å². The van der Waals surface area contributed by atoms with Crippen LogP contribution >= 0.6 is 11.8 Å². The summed E-state index contributed by atoms with van der Waals surface area (Å²) in [6.45, 7) is 0. The van der Waals surface area contributed by atoms with E-state index in [1.54, 1.807) is 25.2 Å². The van der Waals surface area contributed by atoms with Gasteiger partial charge in [0.05, 0.1) is 9.82 Å². The van der Waals surface area contributed by atoms with E-state index >= 15 is 0 Å². The number of para-hydroxylation sites is 1. The molecule has 0 spiro atoms. The lowest BCUT2D eigenvalue weighted by molar-refractivity contribution is -0.387. The lowest BCUT2D eigenvalue weighted by atomic mass is 10.3. The number of likely N-dealkylation sites (N-methyl/N-ethyl adjacent to an activating group) is 1. The summed E-state index contributed by atoms with van der Waals surface area (Å²) in [6, 6.07) is 5.55. The van der Waals surface area contributed by atoms with Crippen LogP contribution in [0.25, 0.3) is 0 Å². The maximum absolute atomic E-state index is 10.8. The minimum atomic E-state index is -0.974. The molecular formula is C10H12N2O4S. The second kappa shape index (κ2) is 6.21. The van der Waals surface area contributed by atoms with Crippen molar-refractivity contribution in [2.45, 2.75) is 10.9 Å². The molecule has 1 atom stereocenters. The minimum absolute atomic E-state index is 0.00209. The summed E-state index contributed by atoms with van der Waals surface area (Å²) in [5.74, 6) is -0.741. The average Bonchev–Trinajstić information content (AvgIpc) is 2.29. The highest BCUT2D eigenvalue weighted by molar-refractivity contribution is 7.99. The van der Waals surface area contributed by atoms with Crippen LogP contribution in [-0.4, -0.2) is 34.8 Å². The monoisotopic (exact) mass is 256 g/mol. The van der Waals surface area contributed by atoms with Crippen LogP contribution in [0.1, 0.15) is 0 Å². The molecule has 0 amide bonds. The van der Waals surface area contributed by atoms with Crippen molar-refractivity contribution in [2.24, 2.45) is 0 Å². The van der Waals surface area contributed by atoms with E-state index in [9.17, 15) is 14.9 Å². The minimum Gasteiger partial charge on any atom is -0.480 e. The second-order valence-corrected chi connectivity index (χ2v) is 4.28. The molecule has 92 valence electrons. The molecular weight excluding hydrogens is 244 g/mol. The molecule has 0 aliphatic rings. The van der Waals surface area contributed by atoms with Gasteiger partial charge in [-0.3, -0.25) is 14.9 Å². The highest BCUT2D eigenvalue weighted by Gasteiger charge is 2.18. The average molecular weight is 256 g/mol. The van der Waals surface area contributed by atoms with Crippen LogP contribution in [0.4, 0.5) is 5.69 Å². The Morgan fingerprint density at radius 3 is 2.76 bits per heavy atom. The first-order valence-electron chi connectivity index (χ1n) is 4.82. The molecule has 0 bridgehead atoms. The van der Waals surface area contributed by atoms with Gasteiger partial charge in [0.1, 0.15) is 6.04 Å². The number of benzene rings is 1. The maximum atomic E-state index is 10.8. The second-order valence-electron chi connectivity index (χ2n) is 3.22. The topological polar surface area (TPSA) is 92.5 Å². The maximum Gasteiger partial charge on any atom is 0.321 e. The van der Waals surface area contributed by atoms with Crippen LogP contribution in [0.15, 0.2) is 29.2 Å². The van der Waals surface area contributed by atoms with Crippen molar-refractivity contribution in [3.8, 4) is 0 Å². The van der Waals surface area contributed by atoms with Crippen molar-refractivity contribution < 1.29 is 14.8 Å². The highest BCUT2D eigenvalue weighted by Crippen LogP contribution is 2.28. The number of carbonyl (C=O) groups is 1. The molecule has 0 aromatic heterocycles. The molecule has 0 aliphatic heterocycles. The Hall–Kier alpha value is -1.60. The molecule has 0 aliphatic carbocycles. The van der Waals surface area contributed by atoms with E-state index in [0.29, 0.717) is 4.90 Å². The van der Waals surface area contributed by atoms with Crippen molar-refractivity contribution in [1.82, 2.24) is 5.32 Å². The van der Waals surface area contributed by atoms with E-state index < -0.39 is 16.9 Å². The van der Waals surface area contributed by atoms with Gasteiger partial charge in [-0.1, -0.05) is 12.1 Å². The zero-order valence-corrected chi connectivity index (χ0v) is 9.94. The standard InChI is InChI=1S/C10H12N2O4S/c1-11-7(10(13)14)6-17-9-5-3-2-4-8(9)12(15)16/h2-5,7,11H,6H2,1H3,(H,13,14). The Morgan fingerprint density at radius 2 is 2.24 bits per heavy atom. The van der Waals surface area contributed by atoms with Crippen molar-refractivity contribution in [2.75, 3.05) is 12.8 Å². The Bertz CT molecular complexity index is 425. The van der Waals surface area contributed by atoms with Crippen molar-refractivity contribution in [1.29, 1.82) is 0 Å². The number of carboxylic acid groups (broad SMARTS) is 1. The zero-order chi connectivity index (χ0) is 12.8. The third-order valence-electron chi connectivity index (χ3n) is 2.11. The van der Waals surface area contributed by atoms with Gasteiger partial charge in [0.2, 0.25) is 0 Å². The van der Waals surface area contributed by atoms with Gasteiger partial charge in [-0.05, 0) is 13.1 Å². The SMILES string of the molecule is CNC(CSc1ccccc1[N+](=O)[O-])C(=O)O. The number of carboxylic acids is 1. The van der Waals surface area contributed by atoms with Crippen LogP contribution in [0.3, 0.4) is 0 Å². The van der Waals surface area contributed by atoms with Crippen LogP contribution in [0.2, 0.25) is 0 Å². The fourth-order valence-electron chi connectivity index (χ4n) is 1.18. The first-order chi connectivity index (χ1) is 8.06. The molecule has 0 radical (unpaired) electrons. The predicted molar refractivity (Wildman–Crippen MR) is 64.3 cm³/mol. The van der Waals surface area contributed by atoms with Gasteiger partial charge < -0.3 is 10.4 Å². The summed E-state index contributed by atoms with van der Waals surface area (Å²) in [6.07, 6.45) is 0. The molecule has 0 saturated heterocycles. The highest BCUT2D eigenvalue weighted by atomic mass is 32.2. The lowest BCUT2D eigenvalue weighted by Gasteiger charge is -2.10. The van der Waals surface area contributed by atoms with Gasteiger partial charge >= 0.3 is 5.97 Å².